The molecule has 0 radical (unpaired) electrons. The summed E-state index contributed by atoms with van der Waals surface area (Å²) in [5.41, 5.74) is 1.07. The van der Waals surface area contributed by atoms with Crippen LogP contribution >= 0.6 is 0 Å². The van der Waals surface area contributed by atoms with Crippen LogP contribution in [-0.4, -0.2) is 8.32 Å². The van der Waals surface area contributed by atoms with Crippen LogP contribution in [0.15, 0.2) is 61.2 Å². The Morgan fingerprint density at radius 1 is 0.875 bits per heavy atom. The highest BCUT2D eigenvalue weighted by Gasteiger charge is 2.39. The molecule has 0 aliphatic heterocycles. The fraction of sp³-hybridized carbons (Fsp3) is 0.273. The zero-order chi connectivity index (χ0) is 17.5. The summed E-state index contributed by atoms with van der Waals surface area (Å²) in [6.45, 7) is 15.5. The zero-order valence-corrected chi connectivity index (χ0v) is 16.3. The van der Waals surface area contributed by atoms with Crippen molar-refractivity contribution in [1.29, 1.82) is 0 Å². The average molecular weight is 335 g/mol. The van der Waals surface area contributed by atoms with E-state index in [2.05, 4.69) is 95.0 Å². The predicted octanol–water partition coefficient (Wildman–Crippen LogP) is 6.99. The van der Waals surface area contributed by atoms with Crippen LogP contribution in [0.3, 0.4) is 0 Å². The minimum absolute atomic E-state index is 0.170. The van der Waals surface area contributed by atoms with E-state index in [1.807, 2.05) is 0 Å². The molecule has 2 heteroatoms. The first kappa shape index (κ1) is 16.8. The minimum atomic E-state index is -1.86. The first-order valence-electron chi connectivity index (χ1n) is 8.49. The van der Waals surface area contributed by atoms with Crippen LogP contribution < -0.4 is 0 Å². The van der Waals surface area contributed by atoms with E-state index in [9.17, 15) is 0 Å². The summed E-state index contributed by atoms with van der Waals surface area (Å²) in [5.74, 6) is 0.789. The molecule has 3 aromatic rings. The molecule has 3 rings (SSSR count). The molecule has 0 saturated carbocycles. The third kappa shape index (κ3) is 2.99. The SMILES string of the molecule is C=C(O[Si](C)(C)C(C)(C)C)c1ccc2c(ccc3ccccc32)c1. The summed E-state index contributed by atoms with van der Waals surface area (Å²) >= 11 is 0. The van der Waals surface area contributed by atoms with Gasteiger partial charge in [-0.05, 0) is 45.7 Å². The van der Waals surface area contributed by atoms with Gasteiger partial charge < -0.3 is 4.43 Å². The zero-order valence-electron chi connectivity index (χ0n) is 15.3. The number of hydrogen-bond donors (Lipinski definition) is 0. The molecule has 0 atom stereocenters. The summed E-state index contributed by atoms with van der Waals surface area (Å²) in [4.78, 5) is 0. The quantitative estimate of drug-likeness (QED) is 0.285. The van der Waals surface area contributed by atoms with Crippen LogP contribution in [0.5, 0.6) is 0 Å². The third-order valence-electron chi connectivity index (χ3n) is 5.25. The molecule has 0 unspecified atom stereocenters. The van der Waals surface area contributed by atoms with Gasteiger partial charge in [0.15, 0.2) is 0 Å². The lowest BCUT2D eigenvalue weighted by molar-refractivity contribution is 0.459. The first-order chi connectivity index (χ1) is 11.2. The highest BCUT2D eigenvalue weighted by atomic mass is 28.4. The molecule has 0 spiro atoms. The van der Waals surface area contributed by atoms with E-state index in [4.69, 9.17) is 4.43 Å². The van der Waals surface area contributed by atoms with Crippen LogP contribution in [0.2, 0.25) is 18.1 Å². The Morgan fingerprint density at radius 2 is 1.50 bits per heavy atom. The summed E-state index contributed by atoms with van der Waals surface area (Å²) < 4.78 is 6.37. The number of rotatable bonds is 3. The fourth-order valence-electron chi connectivity index (χ4n) is 2.71. The number of hydrogen-bond acceptors (Lipinski definition) is 1. The van der Waals surface area contributed by atoms with Crippen LogP contribution in [0.1, 0.15) is 26.3 Å². The van der Waals surface area contributed by atoms with Gasteiger partial charge in [-0.15, -0.1) is 0 Å². The Labute approximate surface area is 146 Å². The van der Waals surface area contributed by atoms with Gasteiger partial charge in [0.1, 0.15) is 5.76 Å². The highest BCUT2D eigenvalue weighted by Crippen LogP contribution is 2.39. The second kappa shape index (κ2) is 5.78. The lowest BCUT2D eigenvalue weighted by Crippen LogP contribution is -2.40. The van der Waals surface area contributed by atoms with E-state index in [1.54, 1.807) is 0 Å². The van der Waals surface area contributed by atoms with Crippen LogP contribution in [-0.2, 0) is 4.43 Å². The van der Waals surface area contributed by atoms with Gasteiger partial charge >= 0.3 is 0 Å². The van der Waals surface area contributed by atoms with Crippen molar-refractivity contribution in [3.05, 3.63) is 66.7 Å². The van der Waals surface area contributed by atoms with Gasteiger partial charge in [-0.3, -0.25) is 0 Å². The van der Waals surface area contributed by atoms with E-state index in [0.29, 0.717) is 0 Å². The maximum atomic E-state index is 6.37. The van der Waals surface area contributed by atoms with Crippen LogP contribution in [0.4, 0.5) is 0 Å². The largest absolute Gasteiger partial charge is 0.543 e. The molecule has 0 N–H and O–H groups in total. The van der Waals surface area contributed by atoms with Crippen molar-refractivity contribution in [2.45, 2.75) is 38.9 Å². The maximum absolute atomic E-state index is 6.37. The highest BCUT2D eigenvalue weighted by molar-refractivity contribution is 6.74. The number of benzene rings is 3. The van der Waals surface area contributed by atoms with Gasteiger partial charge in [-0.25, -0.2) is 0 Å². The molecule has 0 aromatic heterocycles. The Balaban J connectivity index is 1.99. The third-order valence-corrected chi connectivity index (χ3v) is 9.62. The second-order valence-electron chi connectivity index (χ2n) is 8.01. The molecular formula is C22H26OSi. The van der Waals surface area contributed by atoms with Crippen LogP contribution in [0.25, 0.3) is 27.3 Å². The van der Waals surface area contributed by atoms with Crippen molar-refractivity contribution in [3.63, 3.8) is 0 Å². The topological polar surface area (TPSA) is 9.23 Å². The molecule has 1 nitrogen and oxygen atoms in total. The standard InChI is InChI=1S/C22H26OSi/c1-16(23-24(5,6)22(2,3)4)18-13-14-21-19(15-18)12-11-17-9-7-8-10-20(17)21/h7-15H,1H2,2-6H3. The summed E-state index contributed by atoms with van der Waals surface area (Å²) in [6, 6.07) is 19.4. The first-order valence-corrected chi connectivity index (χ1v) is 11.4. The molecule has 124 valence electrons. The van der Waals surface area contributed by atoms with Crippen molar-refractivity contribution < 1.29 is 4.43 Å². The van der Waals surface area contributed by atoms with Crippen molar-refractivity contribution >= 4 is 35.6 Å². The molecule has 0 amide bonds. The van der Waals surface area contributed by atoms with E-state index in [0.717, 1.165) is 11.3 Å². The van der Waals surface area contributed by atoms with E-state index < -0.39 is 8.32 Å². The normalized spacial score (nSPS) is 12.5. The van der Waals surface area contributed by atoms with Crippen LogP contribution in [0, 0.1) is 0 Å². The Hall–Kier alpha value is -2.06. The Bertz CT molecular complexity index is 916. The van der Waals surface area contributed by atoms with E-state index >= 15 is 0 Å². The summed E-state index contributed by atoms with van der Waals surface area (Å²) in [6.07, 6.45) is 0. The predicted molar refractivity (Wildman–Crippen MR) is 109 cm³/mol. The molecule has 0 heterocycles. The Morgan fingerprint density at radius 3 is 2.21 bits per heavy atom. The molecule has 24 heavy (non-hydrogen) atoms. The minimum Gasteiger partial charge on any atom is -0.543 e. The van der Waals surface area contributed by atoms with Crippen molar-refractivity contribution in [1.82, 2.24) is 0 Å². The van der Waals surface area contributed by atoms with Gasteiger partial charge in [0.05, 0.1) is 0 Å². The molecule has 0 aliphatic carbocycles. The average Bonchev–Trinajstić information content (AvgIpc) is 2.52. The smallest absolute Gasteiger partial charge is 0.250 e. The van der Waals surface area contributed by atoms with Crippen molar-refractivity contribution in [2.75, 3.05) is 0 Å². The summed E-state index contributed by atoms with van der Waals surface area (Å²) in [7, 11) is -1.86. The Kier molecular flexibility index (Phi) is 4.04. The molecule has 3 aromatic carbocycles. The molecule has 0 bridgehead atoms. The van der Waals surface area contributed by atoms with Gasteiger partial charge in [0.25, 0.3) is 0 Å². The van der Waals surface area contributed by atoms with Gasteiger partial charge in [-0.2, -0.15) is 0 Å². The maximum Gasteiger partial charge on any atom is 0.250 e. The van der Waals surface area contributed by atoms with Gasteiger partial charge in [0.2, 0.25) is 8.32 Å². The van der Waals surface area contributed by atoms with Gasteiger partial charge in [0, 0.05) is 5.56 Å². The van der Waals surface area contributed by atoms with E-state index in [1.165, 1.54) is 21.5 Å². The monoisotopic (exact) mass is 334 g/mol. The fourth-order valence-corrected chi connectivity index (χ4v) is 3.75. The van der Waals surface area contributed by atoms with Crippen molar-refractivity contribution in [2.24, 2.45) is 0 Å². The second-order valence-corrected chi connectivity index (χ2v) is 12.7. The lowest BCUT2D eigenvalue weighted by atomic mass is 10.00. The molecular weight excluding hydrogens is 308 g/mol. The summed E-state index contributed by atoms with van der Waals surface area (Å²) in [5, 5.41) is 5.23. The molecule has 0 saturated heterocycles. The number of fused-ring (bicyclic) bond motifs is 3. The molecule has 0 aliphatic rings. The lowest BCUT2D eigenvalue weighted by Gasteiger charge is -2.37. The van der Waals surface area contributed by atoms with E-state index in [-0.39, 0.29) is 5.04 Å². The van der Waals surface area contributed by atoms with Crippen molar-refractivity contribution in [3.8, 4) is 0 Å². The molecule has 0 fully saturated rings. The van der Waals surface area contributed by atoms with Gasteiger partial charge in [-0.1, -0.05) is 75.9 Å².